The topological polar surface area (TPSA) is 67.2 Å². The van der Waals surface area contributed by atoms with Crippen LogP contribution in [0.25, 0.3) is 17.0 Å². The van der Waals surface area contributed by atoms with Crippen LogP contribution in [0.4, 0.5) is 22.4 Å². The van der Waals surface area contributed by atoms with E-state index >= 15 is 0 Å². The number of hydrogen-bond donors (Lipinski definition) is 1. The zero-order valence-corrected chi connectivity index (χ0v) is 19.4. The van der Waals surface area contributed by atoms with Gasteiger partial charge in [0.1, 0.15) is 6.17 Å². The first-order valence-electron chi connectivity index (χ1n) is 10.5. The molecule has 3 heterocycles. The van der Waals surface area contributed by atoms with Crippen molar-refractivity contribution >= 4 is 51.5 Å². The number of thioether (sulfide) groups is 1. The van der Waals surface area contributed by atoms with E-state index in [0.717, 1.165) is 22.7 Å². The Labute approximate surface area is 205 Å². The molecule has 2 aliphatic heterocycles. The van der Waals surface area contributed by atoms with Gasteiger partial charge in [0.05, 0.1) is 34.8 Å². The summed E-state index contributed by atoms with van der Waals surface area (Å²) in [6.07, 6.45) is -2.82. The largest absolute Gasteiger partial charge is 0.416 e. The summed E-state index contributed by atoms with van der Waals surface area (Å²) in [7, 11) is 0. The van der Waals surface area contributed by atoms with Crippen LogP contribution in [0.15, 0.2) is 47.5 Å². The fourth-order valence-electron chi connectivity index (χ4n) is 4.24. The van der Waals surface area contributed by atoms with Crippen molar-refractivity contribution in [3.05, 3.63) is 69.2 Å². The number of carbonyl (C=O) groups excluding carboxylic acids is 2. The first-order chi connectivity index (χ1) is 16.6. The van der Waals surface area contributed by atoms with Crippen molar-refractivity contribution in [1.82, 2.24) is 20.0 Å². The summed E-state index contributed by atoms with van der Waals surface area (Å²) in [6, 6.07) is 7.86. The lowest BCUT2D eigenvalue weighted by atomic mass is 10.1. The van der Waals surface area contributed by atoms with Crippen LogP contribution in [0.5, 0.6) is 0 Å². The molecule has 2 amide bonds. The summed E-state index contributed by atoms with van der Waals surface area (Å²) >= 11 is 6.51. The van der Waals surface area contributed by atoms with Gasteiger partial charge in [-0.05, 0) is 53.2 Å². The van der Waals surface area contributed by atoms with Gasteiger partial charge in [0.2, 0.25) is 0 Å². The van der Waals surface area contributed by atoms with E-state index in [1.54, 1.807) is 18.2 Å². The highest BCUT2D eigenvalue weighted by Gasteiger charge is 2.44. The average molecular weight is 525 g/mol. The van der Waals surface area contributed by atoms with E-state index in [9.17, 15) is 27.2 Å². The predicted molar refractivity (Wildman–Crippen MR) is 125 cm³/mol. The Bertz CT molecular complexity index is 1370. The third kappa shape index (κ3) is 4.55. The number of alkyl halides is 4. The molecular formula is C23H17ClF4N4O2S. The predicted octanol–water partition coefficient (Wildman–Crippen LogP) is 5.10. The van der Waals surface area contributed by atoms with Gasteiger partial charge in [-0.3, -0.25) is 19.2 Å². The minimum Gasteiger partial charge on any atom is -0.312 e. The summed E-state index contributed by atoms with van der Waals surface area (Å²) in [4.78, 5) is 26.3. The van der Waals surface area contributed by atoms with E-state index in [0.29, 0.717) is 16.5 Å². The maximum Gasteiger partial charge on any atom is 0.416 e. The summed E-state index contributed by atoms with van der Waals surface area (Å²) in [6.45, 7) is 0.182. The normalized spacial score (nSPS) is 22.2. The van der Waals surface area contributed by atoms with Gasteiger partial charge < -0.3 is 5.32 Å². The average Bonchev–Trinajstić information content (AvgIpc) is 3.46. The number of rotatable bonds is 4. The van der Waals surface area contributed by atoms with Crippen LogP contribution in [-0.4, -0.2) is 51.1 Å². The maximum atomic E-state index is 14.1. The molecule has 0 spiro atoms. The van der Waals surface area contributed by atoms with Crippen molar-refractivity contribution in [2.75, 3.05) is 13.1 Å². The molecule has 6 nitrogen and oxygen atoms in total. The second kappa shape index (κ2) is 8.96. The molecule has 2 fully saturated rings. The lowest BCUT2D eigenvalue weighted by Gasteiger charge is -2.21. The number of halogens is 5. The molecule has 2 aliphatic rings. The number of benzene rings is 2. The number of nitrogens with one attached hydrogen (secondary N) is 1. The van der Waals surface area contributed by atoms with E-state index in [2.05, 4.69) is 10.4 Å². The summed E-state index contributed by atoms with van der Waals surface area (Å²) in [5, 5.41) is 7.17. The molecule has 12 heteroatoms. The fraction of sp³-hybridized carbons (Fsp3) is 0.261. The molecule has 2 atom stereocenters. The van der Waals surface area contributed by atoms with Crippen molar-refractivity contribution in [3.8, 4) is 0 Å². The van der Waals surface area contributed by atoms with Gasteiger partial charge in [-0.2, -0.15) is 18.3 Å². The molecule has 2 aromatic carbocycles. The van der Waals surface area contributed by atoms with Crippen LogP contribution in [-0.2, 0) is 17.5 Å². The van der Waals surface area contributed by atoms with E-state index in [1.807, 2.05) is 0 Å². The van der Waals surface area contributed by atoms with Crippen molar-refractivity contribution in [3.63, 3.8) is 0 Å². The second-order valence-corrected chi connectivity index (χ2v) is 9.64. The molecule has 3 aromatic rings. The number of nitrogens with zero attached hydrogens (tertiary/aromatic N) is 3. The first kappa shape index (κ1) is 23.8. The third-order valence-electron chi connectivity index (χ3n) is 5.93. The highest BCUT2D eigenvalue weighted by atomic mass is 35.5. The molecule has 0 radical (unpaired) electrons. The van der Waals surface area contributed by atoms with Crippen molar-refractivity contribution in [2.45, 2.75) is 24.9 Å². The van der Waals surface area contributed by atoms with Gasteiger partial charge in [-0.1, -0.05) is 23.7 Å². The summed E-state index contributed by atoms with van der Waals surface area (Å²) in [5.41, 5.74) is 0.396. The number of fused-ring (bicyclic) bond motifs is 1. The lowest BCUT2D eigenvalue weighted by Crippen LogP contribution is -2.44. The Morgan fingerprint density at radius 3 is 2.69 bits per heavy atom. The van der Waals surface area contributed by atoms with Crippen molar-refractivity contribution in [1.29, 1.82) is 0 Å². The fourth-order valence-corrected chi connectivity index (χ4v) is 5.29. The molecule has 1 N–H and O–H groups in total. The lowest BCUT2D eigenvalue weighted by molar-refractivity contribution is -0.138. The number of hydrogen-bond acceptors (Lipinski definition) is 5. The van der Waals surface area contributed by atoms with Gasteiger partial charge >= 0.3 is 6.18 Å². The van der Waals surface area contributed by atoms with Gasteiger partial charge in [-0.15, -0.1) is 0 Å². The summed E-state index contributed by atoms with van der Waals surface area (Å²) < 4.78 is 55.9. The van der Waals surface area contributed by atoms with Gasteiger partial charge in [0, 0.05) is 23.5 Å². The molecule has 1 aromatic heterocycles. The molecular weight excluding hydrogens is 508 g/mol. The minimum absolute atomic E-state index is 0.00770. The molecule has 5 rings (SSSR count). The zero-order valence-electron chi connectivity index (χ0n) is 17.9. The Morgan fingerprint density at radius 2 is 1.97 bits per heavy atom. The first-order valence-corrected chi connectivity index (χ1v) is 11.7. The molecule has 0 aliphatic carbocycles. The molecule has 1 unspecified atom stereocenters. The van der Waals surface area contributed by atoms with Crippen LogP contribution in [0.1, 0.15) is 16.7 Å². The summed E-state index contributed by atoms with van der Waals surface area (Å²) in [5.74, 6) is -0.547. The Hall–Kier alpha value is -2.89. The number of aromatic nitrogens is 2. The molecule has 2 saturated heterocycles. The number of amides is 2. The minimum atomic E-state index is -4.56. The van der Waals surface area contributed by atoms with Crippen LogP contribution < -0.4 is 5.32 Å². The van der Waals surface area contributed by atoms with Crippen molar-refractivity contribution in [2.24, 2.45) is 0 Å². The quantitative estimate of drug-likeness (QED) is 0.380. The van der Waals surface area contributed by atoms with E-state index in [4.69, 9.17) is 11.6 Å². The van der Waals surface area contributed by atoms with Crippen LogP contribution in [0.3, 0.4) is 0 Å². The smallest absolute Gasteiger partial charge is 0.312 e. The SMILES string of the molecule is O=C1SC(=Cc2ccc3c(cnn3Cc3ccc(Cl)cc3C(F)(F)F)c2)C(=O)N1C1CNC[C@@H]1F. The molecule has 0 bridgehead atoms. The van der Waals surface area contributed by atoms with E-state index in [1.165, 1.54) is 29.1 Å². The monoisotopic (exact) mass is 524 g/mol. The maximum absolute atomic E-state index is 14.1. The molecule has 0 saturated carbocycles. The number of imide groups is 1. The van der Waals surface area contributed by atoms with Crippen LogP contribution in [0.2, 0.25) is 5.02 Å². The highest BCUT2D eigenvalue weighted by Crippen LogP contribution is 2.36. The Kier molecular flexibility index (Phi) is 6.10. The van der Waals surface area contributed by atoms with Crippen LogP contribution >= 0.6 is 23.4 Å². The van der Waals surface area contributed by atoms with Crippen LogP contribution in [0, 0.1) is 0 Å². The highest BCUT2D eigenvalue weighted by molar-refractivity contribution is 8.18. The van der Waals surface area contributed by atoms with Gasteiger partial charge in [0.15, 0.2) is 0 Å². The Morgan fingerprint density at radius 1 is 1.17 bits per heavy atom. The zero-order chi connectivity index (χ0) is 24.9. The molecule has 182 valence electrons. The molecule has 35 heavy (non-hydrogen) atoms. The van der Waals surface area contributed by atoms with Crippen molar-refractivity contribution < 1.29 is 27.2 Å². The third-order valence-corrected chi connectivity index (χ3v) is 7.05. The second-order valence-electron chi connectivity index (χ2n) is 8.21. The number of carbonyl (C=O) groups is 2. The van der Waals surface area contributed by atoms with Gasteiger partial charge in [-0.25, -0.2) is 4.39 Å². The van der Waals surface area contributed by atoms with E-state index in [-0.39, 0.29) is 35.1 Å². The Balaban J connectivity index is 1.41. The van der Waals surface area contributed by atoms with E-state index < -0.39 is 35.1 Å². The van der Waals surface area contributed by atoms with Gasteiger partial charge in [0.25, 0.3) is 11.1 Å². The standard InChI is InChI=1S/C23H17ClF4N4O2S/c24-15-3-2-13(16(7-15)23(26,27)28)11-31-18-4-1-12(5-14(18)8-30-31)6-20-21(33)32(22(34)35-20)19-10-29-9-17(19)25/h1-8,17,19,29H,9-11H2/t17-,19?/m0/s1.